The van der Waals surface area contributed by atoms with Crippen molar-refractivity contribution in [2.45, 2.75) is 44.6 Å². The summed E-state index contributed by atoms with van der Waals surface area (Å²) in [6.45, 7) is -2.99. The van der Waals surface area contributed by atoms with Crippen molar-refractivity contribution in [1.29, 1.82) is 0 Å². The Labute approximate surface area is 168 Å². The average molecular weight is 453 g/mol. The highest BCUT2D eigenvalue weighted by Gasteiger charge is 2.25. The predicted molar refractivity (Wildman–Crippen MR) is 105 cm³/mol. The molecule has 28 heavy (non-hydrogen) atoms. The molecule has 148 valence electrons. The van der Waals surface area contributed by atoms with Crippen molar-refractivity contribution < 1.29 is 13.5 Å². The summed E-state index contributed by atoms with van der Waals surface area (Å²) in [6, 6.07) is 4.67. The minimum atomic E-state index is -2.99. The smallest absolute Gasteiger partial charge is 0.387 e. The van der Waals surface area contributed by atoms with Gasteiger partial charge in [-0.15, -0.1) is 0 Å². The molecule has 9 heteroatoms. The molecule has 0 saturated heterocycles. The van der Waals surface area contributed by atoms with Crippen molar-refractivity contribution in [3.63, 3.8) is 0 Å². The van der Waals surface area contributed by atoms with E-state index in [1.165, 1.54) is 12.5 Å². The summed E-state index contributed by atoms with van der Waals surface area (Å²) in [6.07, 6.45) is 5.47. The van der Waals surface area contributed by atoms with Crippen molar-refractivity contribution >= 4 is 27.0 Å². The molecule has 1 aliphatic rings. The molecule has 0 radical (unpaired) electrons. The number of nitrogens with zero attached hydrogens (tertiary/aromatic N) is 3. The van der Waals surface area contributed by atoms with Crippen LogP contribution >= 0.6 is 15.9 Å². The number of aryl methyl sites for hydroxylation is 1. The fourth-order valence-corrected chi connectivity index (χ4v) is 4.20. The van der Waals surface area contributed by atoms with Crippen molar-refractivity contribution in [2.75, 3.05) is 0 Å². The standard InChI is InChI=1S/C19H19BrF2N4O2/c1-26-17-14(15(25-26)10-5-3-2-4-6-10)18(27)24-16(23-17)12-8-7-11(20)9-13(12)28-19(21)22/h7-10,19H,2-6H2,1H3,(H,23,24,27). The Hall–Kier alpha value is -2.29. The van der Waals surface area contributed by atoms with Crippen LogP contribution in [0.15, 0.2) is 27.5 Å². The number of hydrogen-bond acceptors (Lipinski definition) is 4. The van der Waals surface area contributed by atoms with Crippen LogP contribution < -0.4 is 10.3 Å². The second-order valence-electron chi connectivity index (χ2n) is 6.98. The summed E-state index contributed by atoms with van der Waals surface area (Å²) in [7, 11) is 1.74. The Balaban J connectivity index is 1.85. The molecule has 1 N–H and O–H groups in total. The van der Waals surface area contributed by atoms with E-state index in [1.54, 1.807) is 23.9 Å². The van der Waals surface area contributed by atoms with Crippen LogP contribution in [-0.2, 0) is 7.05 Å². The number of alkyl halides is 2. The number of halogens is 3. The molecule has 2 heterocycles. The van der Waals surface area contributed by atoms with Gasteiger partial charge in [0, 0.05) is 17.4 Å². The number of aromatic amines is 1. The van der Waals surface area contributed by atoms with E-state index in [4.69, 9.17) is 0 Å². The van der Waals surface area contributed by atoms with E-state index in [0.29, 0.717) is 15.5 Å². The molecule has 0 amide bonds. The summed E-state index contributed by atoms with van der Waals surface area (Å²) in [4.78, 5) is 20.2. The summed E-state index contributed by atoms with van der Waals surface area (Å²) in [5.41, 5.74) is 1.17. The van der Waals surface area contributed by atoms with Crippen LogP contribution in [0.4, 0.5) is 8.78 Å². The summed E-state index contributed by atoms with van der Waals surface area (Å²) in [5.74, 6) is 0.344. The lowest BCUT2D eigenvalue weighted by atomic mass is 9.86. The average Bonchev–Trinajstić information content (AvgIpc) is 2.99. The molecular formula is C19H19BrF2N4O2. The molecule has 0 spiro atoms. The van der Waals surface area contributed by atoms with Crippen molar-refractivity contribution in [1.82, 2.24) is 19.7 Å². The number of rotatable bonds is 4. The van der Waals surface area contributed by atoms with Gasteiger partial charge in [0.25, 0.3) is 5.56 Å². The third-order valence-corrected chi connectivity index (χ3v) is 5.62. The van der Waals surface area contributed by atoms with Crippen LogP contribution in [0.2, 0.25) is 0 Å². The summed E-state index contributed by atoms with van der Waals surface area (Å²) < 4.78 is 32.4. The first kappa shape index (κ1) is 19.0. The molecule has 4 rings (SSSR count). The van der Waals surface area contributed by atoms with Crippen LogP contribution in [0.25, 0.3) is 22.4 Å². The SMILES string of the molecule is Cn1nc(C2CCCCC2)c2c(=O)[nH]c(-c3ccc(Br)cc3OC(F)F)nc21. The van der Waals surface area contributed by atoms with Gasteiger partial charge in [0.05, 0.1) is 11.3 Å². The van der Waals surface area contributed by atoms with Crippen molar-refractivity contribution in [3.05, 3.63) is 38.7 Å². The molecule has 1 aliphatic carbocycles. The minimum absolute atomic E-state index is 0.0680. The number of hydrogen-bond donors (Lipinski definition) is 1. The zero-order chi connectivity index (χ0) is 19.8. The van der Waals surface area contributed by atoms with Gasteiger partial charge in [-0.3, -0.25) is 4.79 Å². The van der Waals surface area contributed by atoms with E-state index in [0.717, 1.165) is 31.4 Å². The largest absolute Gasteiger partial charge is 0.434 e. The molecule has 1 fully saturated rings. The molecule has 6 nitrogen and oxygen atoms in total. The van der Waals surface area contributed by atoms with Gasteiger partial charge in [-0.1, -0.05) is 35.2 Å². The first-order valence-electron chi connectivity index (χ1n) is 9.15. The number of H-pyrrole nitrogens is 1. The molecule has 2 aromatic heterocycles. The van der Waals surface area contributed by atoms with E-state index < -0.39 is 6.61 Å². The normalized spacial score (nSPS) is 15.5. The van der Waals surface area contributed by atoms with E-state index in [2.05, 4.69) is 35.7 Å². The highest BCUT2D eigenvalue weighted by atomic mass is 79.9. The monoisotopic (exact) mass is 452 g/mol. The van der Waals surface area contributed by atoms with Crippen LogP contribution in [-0.4, -0.2) is 26.4 Å². The Kier molecular flexibility index (Phi) is 5.18. The van der Waals surface area contributed by atoms with E-state index in [1.807, 2.05) is 0 Å². The number of benzene rings is 1. The van der Waals surface area contributed by atoms with Gasteiger partial charge < -0.3 is 9.72 Å². The maximum Gasteiger partial charge on any atom is 0.387 e. The lowest BCUT2D eigenvalue weighted by Gasteiger charge is -2.19. The second-order valence-corrected chi connectivity index (χ2v) is 7.89. The van der Waals surface area contributed by atoms with Crippen LogP contribution in [0.3, 0.4) is 0 Å². The molecular weight excluding hydrogens is 434 g/mol. The maximum absolute atomic E-state index is 12.9. The fourth-order valence-electron chi connectivity index (χ4n) is 3.86. The van der Waals surface area contributed by atoms with E-state index >= 15 is 0 Å². The minimum Gasteiger partial charge on any atom is -0.434 e. The lowest BCUT2D eigenvalue weighted by Crippen LogP contribution is -2.13. The second kappa shape index (κ2) is 7.62. The Morgan fingerprint density at radius 3 is 2.75 bits per heavy atom. The van der Waals surface area contributed by atoms with Gasteiger partial charge >= 0.3 is 6.61 Å². The first-order chi connectivity index (χ1) is 13.4. The zero-order valence-corrected chi connectivity index (χ0v) is 16.8. The van der Waals surface area contributed by atoms with Crippen LogP contribution in [0, 0.1) is 0 Å². The van der Waals surface area contributed by atoms with Crippen LogP contribution in [0.1, 0.15) is 43.7 Å². The predicted octanol–water partition coefficient (Wildman–Crippen LogP) is 4.74. The van der Waals surface area contributed by atoms with Crippen molar-refractivity contribution in [2.24, 2.45) is 7.05 Å². The summed E-state index contributed by atoms with van der Waals surface area (Å²) >= 11 is 3.24. The van der Waals surface area contributed by atoms with Gasteiger partial charge in [0.1, 0.15) is 17.0 Å². The van der Waals surface area contributed by atoms with Crippen molar-refractivity contribution in [3.8, 4) is 17.1 Å². The van der Waals surface area contributed by atoms with Gasteiger partial charge in [-0.05, 0) is 31.0 Å². The molecule has 0 atom stereocenters. The maximum atomic E-state index is 12.9. The lowest BCUT2D eigenvalue weighted by molar-refractivity contribution is -0.0495. The molecule has 0 aliphatic heterocycles. The Bertz CT molecular complexity index is 1070. The number of nitrogens with one attached hydrogen (secondary N) is 1. The third kappa shape index (κ3) is 3.55. The fraction of sp³-hybridized carbons (Fsp3) is 0.421. The molecule has 0 bridgehead atoms. The first-order valence-corrected chi connectivity index (χ1v) is 9.95. The third-order valence-electron chi connectivity index (χ3n) is 5.13. The molecule has 0 unspecified atom stereocenters. The summed E-state index contributed by atoms with van der Waals surface area (Å²) in [5, 5.41) is 5.05. The molecule has 1 aromatic carbocycles. The van der Waals surface area contributed by atoms with Gasteiger partial charge in [0.15, 0.2) is 5.65 Å². The number of fused-ring (bicyclic) bond motifs is 1. The highest BCUT2D eigenvalue weighted by molar-refractivity contribution is 9.10. The highest BCUT2D eigenvalue weighted by Crippen LogP contribution is 2.35. The Morgan fingerprint density at radius 2 is 2.04 bits per heavy atom. The quantitative estimate of drug-likeness (QED) is 0.620. The van der Waals surface area contributed by atoms with Gasteiger partial charge in [-0.2, -0.15) is 13.9 Å². The van der Waals surface area contributed by atoms with E-state index in [-0.39, 0.29) is 28.6 Å². The van der Waals surface area contributed by atoms with Crippen LogP contribution in [0.5, 0.6) is 5.75 Å². The zero-order valence-electron chi connectivity index (χ0n) is 15.2. The van der Waals surface area contributed by atoms with Gasteiger partial charge in [0.2, 0.25) is 0 Å². The van der Waals surface area contributed by atoms with Gasteiger partial charge in [-0.25, -0.2) is 9.67 Å². The molecule has 1 saturated carbocycles. The number of aromatic nitrogens is 4. The topological polar surface area (TPSA) is 72.8 Å². The molecule has 3 aromatic rings. The van der Waals surface area contributed by atoms with E-state index in [9.17, 15) is 13.6 Å². The number of ether oxygens (including phenoxy) is 1. The Morgan fingerprint density at radius 1 is 1.29 bits per heavy atom.